The minimum atomic E-state index is 0.230. The molecule has 0 aliphatic carbocycles. The molecule has 0 spiro atoms. The molecule has 2 aliphatic rings. The SMILES string of the molecule is Cc1nn(C)c(Cl)c1[C@@H]1CCCN1CCC(=O)N1CCOCC1. The van der Waals surface area contributed by atoms with E-state index in [0.717, 1.165) is 55.4 Å². The Kier molecular flexibility index (Phi) is 5.24. The highest BCUT2D eigenvalue weighted by atomic mass is 35.5. The van der Waals surface area contributed by atoms with Crippen molar-refractivity contribution < 1.29 is 9.53 Å². The lowest BCUT2D eigenvalue weighted by molar-refractivity contribution is -0.135. The highest BCUT2D eigenvalue weighted by Gasteiger charge is 2.31. The molecule has 0 aromatic carbocycles. The first-order valence-electron chi connectivity index (χ1n) is 8.36. The van der Waals surface area contributed by atoms with Crippen LogP contribution in [-0.4, -0.2) is 64.9 Å². The third-order valence-corrected chi connectivity index (χ3v) is 5.32. The maximum Gasteiger partial charge on any atom is 0.224 e. The smallest absolute Gasteiger partial charge is 0.224 e. The van der Waals surface area contributed by atoms with Crippen molar-refractivity contribution in [3.8, 4) is 0 Å². The van der Waals surface area contributed by atoms with Gasteiger partial charge < -0.3 is 9.64 Å². The number of hydrogen-bond acceptors (Lipinski definition) is 4. The van der Waals surface area contributed by atoms with Gasteiger partial charge in [0.15, 0.2) is 0 Å². The number of aromatic nitrogens is 2. The number of morpholine rings is 1. The van der Waals surface area contributed by atoms with E-state index in [1.165, 1.54) is 0 Å². The van der Waals surface area contributed by atoms with Crippen LogP contribution in [-0.2, 0) is 16.6 Å². The standard InChI is InChI=1S/C16H25ClN4O2/c1-12-15(16(17)19(2)18-12)13-4-3-6-20(13)7-5-14(22)21-8-10-23-11-9-21/h13H,3-11H2,1-2H3/t13-/m0/s1. The average molecular weight is 341 g/mol. The first-order chi connectivity index (χ1) is 11.1. The van der Waals surface area contributed by atoms with Gasteiger partial charge >= 0.3 is 0 Å². The van der Waals surface area contributed by atoms with Crippen molar-refractivity contribution in [2.24, 2.45) is 7.05 Å². The summed E-state index contributed by atoms with van der Waals surface area (Å²) in [5.74, 6) is 0.230. The minimum absolute atomic E-state index is 0.230. The number of likely N-dealkylation sites (tertiary alicyclic amines) is 1. The van der Waals surface area contributed by atoms with Gasteiger partial charge in [-0.05, 0) is 26.3 Å². The normalized spacial score (nSPS) is 22.7. The predicted octanol–water partition coefficient (Wildman–Crippen LogP) is 1.77. The van der Waals surface area contributed by atoms with Crippen LogP contribution in [0.4, 0.5) is 0 Å². The van der Waals surface area contributed by atoms with Crippen LogP contribution in [0.3, 0.4) is 0 Å². The number of halogens is 1. The maximum absolute atomic E-state index is 12.3. The Bertz CT molecular complexity index is 569. The molecule has 1 aromatic rings. The van der Waals surface area contributed by atoms with E-state index in [0.29, 0.717) is 19.6 Å². The number of ether oxygens (including phenoxy) is 1. The summed E-state index contributed by atoms with van der Waals surface area (Å²) in [6.45, 7) is 6.56. The van der Waals surface area contributed by atoms with Crippen LogP contribution in [0, 0.1) is 6.92 Å². The summed E-state index contributed by atoms with van der Waals surface area (Å²) in [5, 5.41) is 5.15. The molecule has 3 heterocycles. The zero-order valence-electron chi connectivity index (χ0n) is 13.9. The molecule has 0 N–H and O–H groups in total. The molecule has 1 atom stereocenters. The molecule has 3 rings (SSSR count). The second kappa shape index (κ2) is 7.20. The van der Waals surface area contributed by atoms with Gasteiger partial charge in [0.1, 0.15) is 5.15 Å². The lowest BCUT2D eigenvalue weighted by Gasteiger charge is -2.29. The summed E-state index contributed by atoms with van der Waals surface area (Å²) in [5.41, 5.74) is 2.12. The van der Waals surface area contributed by atoms with Gasteiger partial charge in [-0.2, -0.15) is 5.10 Å². The largest absolute Gasteiger partial charge is 0.378 e. The zero-order valence-corrected chi connectivity index (χ0v) is 14.7. The molecule has 1 aromatic heterocycles. The molecular formula is C16H25ClN4O2. The number of rotatable bonds is 4. The number of amides is 1. The van der Waals surface area contributed by atoms with Crippen molar-refractivity contribution in [1.82, 2.24) is 19.6 Å². The summed E-state index contributed by atoms with van der Waals surface area (Å²) < 4.78 is 7.04. The minimum Gasteiger partial charge on any atom is -0.378 e. The van der Waals surface area contributed by atoms with Gasteiger partial charge in [-0.3, -0.25) is 14.4 Å². The Morgan fingerprint density at radius 2 is 2.09 bits per heavy atom. The average Bonchev–Trinajstić information content (AvgIpc) is 3.10. The van der Waals surface area contributed by atoms with Crippen molar-refractivity contribution in [3.63, 3.8) is 0 Å². The molecule has 2 aliphatic heterocycles. The van der Waals surface area contributed by atoms with E-state index in [9.17, 15) is 4.79 Å². The molecule has 7 heteroatoms. The quantitative estimate of drug-likeness (QED) is 0.838. The van der Waals surface area contributed by atoms with Gasteiger partial charge in [0, 0.05) is 44.7 Å². The summed E-state index contributed by atoms with van der Waals surface area (Å²) in [7, 11) is 1.88. The number of carbonyl (C=O) groups is 1. The van der Waals surface area contributed by atoms with Crippen molar-refractivity contribution in [3.05, 3.63) is 16.4 Å². The van der Waals surface area contributed by atoms with Crippen molar-refractivity contribution >= 4 is 17.5 Å². The van der Waals surface area contributed by atoms with E-state index in [2.05, 4.69) is 10.00 Å². The van der Waals surface area contributed by atoms with E-state index in [-0.39, 0.29) is 11.9 Å². The van der Waals surface area contributed by atoms with Crippen LogP contribution in [0.1, 0.15) is 36.6 Å². The first-order valence-corrected chi connectivity index (χ1v) is 8.74. The molecule has 2 fully saturated rings. The van der Waals surface area contributed by atoms with E-state index < -0.39 is 0 Å². The lowest BCUT2D eigenvalue weighted by atomic mass is 10.1. The number of aryl methyl sites for hydroxylation is 2. The van der Waals surface area contributed by atoms with E-state index >= 15 is 0 Å². The molecule has 23 heavy (non-hydrogen) atoms. The van der Waals surface area contributed by atoms with Gasteiger partial charge in [0.25, 0.3) is 0 Å². The summed E-state index contributed by atoms with van der Waals surface area (Å²) >= 11 is 6.43. The third-order valence-electron chi connectivity index (χ3n) is 4.87. The molecule has 6 nitrogen and oxygen atoms in total. The van der Waals surface area contributed by atoms with Crippen molar-refractivity contribution in [1.29, 1.82) is 0 Å². The topological polar surface area (TPSA) is 50.6 Å². The van der Waals surface area contributed by atoms with Crippen LogP contribution in [0.15, 0.2) is 0 Å². The second-order valence-corrected chi connectivity index (χ2v) is 6.71. The highest BCUT2D eigenvalue weighted by molar-refractivity contribution is 6.30. The molecule has 0 saturated carbocycles. The fraction of sp³-hybridized carbons (Fsp3) is 0.750. The third kappa shape index (κ3) is 3.54. The number of carbonyl (C=O) groups excluding carboxylic acids is 1. The second-order valence-electron chi connectivity index (χ2n) is 6.35. The van der Waals surface area contributed by atoms with E-state index in [1.807, 2.05) is 18.9 Å². The Morgan fingerprint density at radius 3 is 2.74 bits per heavy atom. The Morgan fingerprint density at radius 1 is 1.35 bits per heavy atom. The van der Waals surface area contributed by atoms with Crippen molar-refractivity contribution in [2.45, 2.75) is 32.2 Å². The summed E-state index contributed by atoms with van der Waals surface area (Å²) in [4.78, 5) is 16.6. The van der Waals surface area contributed by atoms with Crippen LogP contribution in [0.25, 0.3) is 0 Å². The predicted molar refractivity (Wildman–Crippen MR) is 88.5 cm³/mol. The van der Waals surface area contributed by atoms with Crippen molar-refractivity contribution in [2.75, 3.05) is 39.4 Å². The van der Waals surface area contributed by atoms with Gasteiger partial charge in [-0.15, -0.1) is 0 Å². The molecule has 128 valence electrons. The summed E-state index contributed by atoms with van der Waals surface area (Å²) in [6, 6.07) is 0.286. The molecule has 1 amide bonds. The Labute approximate surface area is 142 Å². The lowest BCUT2D eigenvalue weighted by Crippen LogP contribution is -2.42. The van der Waals surface area contributed by atoms with Crippen LogP contribution in [0.5, 0.6) is 0 Å². The van der Waals surface area contributed by atoms with Gasteiger partial charge in [0.2, 0.25) is 5.91 Å². The fourth-order valence-electron chi connectivity index (χ4n) is 3.66. The van der Waals surface area contributed by atoms with Crippen LogP contribution >= 0.6 is 11.6 Å². The van der Waals surface area contributed by atoms with Crippen LogP contribution in [0.2, 0.25) is 5.15 Å². The molecule has 0 bridgehead atoms. The zero-order chi connectivity index (χ0) is 16.4. The first kappa shape index (κ1) is 16.7. The van der Waals surface area contributed by atoms with Crippen LogP contribution < -0.4 is 0 Å². The van der Waals surface area contributed by atoms with E-state index in [1.54, 1.807) is 4.68 Å². The number of hydrogen-bond donors (Lipinski definition) is 0. The summed E-state index contributed by atoms with van der Waals surface area (Å²) in [6.07, 6.45) is 2.78. The number of nitrogens with zero attached hydrogens (tertiary/aromatic N) is 4. The molecule has 0 unspecified atom stereocenters. The molecule has 2 saturated heterocycles. The fourth-order valence-corrected chi connectivity index (χ4v) is 3.96. The maximum atomic E-state index is 12.3. The van der Waals surface area contributed by atoms with Gasteiger partial charge in [-0.25, -0.2) is 0 Å². The highest BCUT2D eigenvalue weighted by Crippen LogP contribution is 2.37. The van der Waals surface area contributed by atoms with E-state index in [4.69, 9.17) is 16.3 Å². The van der Waals surface area contributed by atoms with Gasteiger partial charge in [0.05, 0.1) is 18.9 Å². The molecular weight excluding hydrogens is 316 g/mol. The Hall–Kier alpha value is -1.11. The van der Waals surface area contributed by atoms with Gasteiger partial charge in [-0.1, -0.05) is 11.6 Å². The molecule has 0 radical (unpaired) electrons. The monoisotopic (exact) mass is 340 g/mol. The Balaban J connectivity index is 1.62.